The number of anilines is 1. The van der Waals surface area contributed by atoms with Gasteiger partial charge in [-0.2, -0.15) is 0 Å². The summed E-state index contributed by atoms with van der Waals surface area (Å²) in [6.07, 6.45) is 0. The lowest BCUT2D eigenvalue weighted by Crippen LogP contribution is -2.39. The fraction of sp³-hybridized carbons (Fsp3) is 0.333. The van der Waals surface area contributed by atoms with Gasteiger partial charge in [0.15, 0.2) is 0 Å². The molecule has 2 rings (SSSR count). The lowest BCUT2D eigenvalue weighted by atomic mass is 10.1. The van der Waals surface area contributed by atoms with Gasteiger partial charge < -0.3 is 19.7 Å². The maximum Gasteiger partial charge on any atom is 0.243 e. The third kappa shape index (κ3) is 6.33. The Hall–Kier alpha value is -3.02. The monoisotopic (exact) mass is 370 g/mol. The number of nitrogens with zero attached hydrogens (tertiary/aromatic N) is 1. The van der Waals surface area contributed by atoms with Crippen LogP contribution in [0.4, 0.5) is 5.69 Å². The second-order valence-corrected chi connectivity index (χ2v) is 6.31. The summed E-state index contributed by atoms with van der Waals surface area (Å²) in [4.78, 5) is 25.6. The molecule has 2 amide bonds. The van der Waals surface area contributed by atoms with E-state index in [-0.39, 0.29) is 18.4 Å². The maximum absolute atomic E-state index is 12.3. The second-order valence-electron chi connectivity index (χ2n) is 6.31. The van der Waals surface area contributed by atoms with Gasteiger partial charge in [-0.1, -0.05) is 6.07 Å². The molecule has 0 saturated heterocycles. The number of methoxy groups -OCH3 is 1. The van der Waals surface area contributed by atoms with Gasteiger partial charge in [-0.25, -0.2) is 0 Å². The van der Waals surface area contributed by atoms with Crippen LogP contribution < -0.4 is 14.8 Å². The molecule has 27 heavy (non-hydrogen) atoms. The van der Waals surface area contributed by atoms with E-state index in [2.05, 4.69) is 5.32 Å². The van der Waals surface area contributed by atoms with Crippen LogP contribution in [-0.2, 0) is 9.59 Å². The van der Waals surface area contributed by atoms with E-state index >= 15 is 0 Å². The summed E-state index contributed by atoms with van der Waals surface area (Å²) in [5.41, 5.74) is 2.99. The molecule has 1 N–H and O–H groups in total. The zero-order valence-electron chi connectivity index (χ0n) is 16.2. The van der Waals surface area contributed by atoms with Gasteiger partial charge in [-0.3, -0.25) is 9.59 Å². The largest absolute Gasteiger partial charge is 0.497 e. The van der Waals surface area contributed by atoms with Crippen LogP contribution in [0, 0.1) is 13.8 Å². The standard InChI is InChI=1S/C21H26N2O4/c1-15-5-6-18(13-16(15)2)22-21(25)14-23(17(3)24)11-12-27-20-9-7-19(26-4)8-10-20/h5-10,13H,11-12,14H2,1-4H3,(H,22,25). The van der Waals surface area contributed by atoms with Gasteiger partial charge in [0.1, 0.15) is 18.1 Å². The molecule has 0 aliphatic heterocycles. The molecule has 0 bridgehead atoms. The van der Waals surface area contributed by atoms with Gasteiger partial charge in [-0.05, 0) is 61.4 Å². The van der Waals surface area contributed by atoms with Crippen LogP contribution in [-0.4, -0.2) is 43.5 Å². The molecule has 2 aromatic rings. The molecule has 0 fully saturated rings. The summed E-state index contributed by atoms with van der Waals surface area (Å²) in [5.74, 6) is 1.01. The van der Waals surface area contributed by atoms with Crippen LogP contribution in [0.5, 0.6) is 11.5 Å². The number of hydrogen-bond donors (Lipinski definition) is 1. The number of carbonyl (C=O) groups is 2. The van der Waals surface area contributed by atoms with Crippen molar-refractivity contribution in [3.63, 3.8) is 0 Å². The highest BCUT2D eigenvalue weighted by atomic mass is 16.5. The molecule has 0 aromatic heterocycles. The van der Waals surface area contributed by atoms with E-state index in [0.717, 1.165) is 22.6 Å². The van der Waals surface area contributed by atoms with Crippen molar-refractivity contribution in [2.24, 2.45) is 0 Å². The number of hydrogen-bond acceptors (Lipinski definition) is 4. The van der Waals surface area contributed by atoms with Gasteiger partial charge in [0, 0.05) is 12.6 Å². The lowest BCUT2D eigenvalue weighted by molar-refractivity contribution is -0.133. The molecule has 144 valence electrons. The molecule has 2 aromatic carbocycles. The Kier molecular flexibility index (Phi) is 7.23. The van der Waals surface area contributed by atoms with Crippen LogP contribution in [0.25, 0.3) is 0 Å². The Morgan fingerprint density at radius 1 is 1.00 bits per heavy atom. The van der Waals surface area contributed by atoms with E-state index in [0.29, 0.717) is 18.9 Å². The number of benzene rings is 2. The summed E-state index contributed by atoms with van der Waals surface area (Å²) >= 11 is 0. The van der Waals surface area contributed by atoms with Crippen molar-refractivity contribution in [1.29, 1.82) is 0 Å². The molecule has 6 nitrogen and oxygen atoms in total. The molecule has 0 atom stereocenters. The minimum absolute atomic E-state index is 0.0196. The van der Waals surface area contributed by atoms with E-state index in [9.17, 15) is 9.59 Å². The highest BCUT2D eigenvalue weighted by Crippen LogP contribution is 2.17. The van der Waals surface area contributed by atoms with E-state index in [1.807, 2.05) is 32.0 Å². The molecule has 0 radical (unpaired) electrons. The Morgan fingerprint density at radius 2 is 1.67 bits per heavy atom. The summed E-state index contributed by atoms with van der Waals surface area (Å²) in [6.45, 7) is 6.04. The van der Waals surface area contributed by atoms with Gasteiger partial charge in [-0.15, -0.1) is 0 Å². The fourth-order valence-corrected chi connectivity index (χ4v) is 2.49. The topological polar surface area (TPSA) is 67.9 Å². The van der Waals surface area contributed by atoms with E-state index in [1.54, 1.807) is 31.4 Å². The average molecular weight is 370 g/mol. The summed E-state index contributed by atoms with van der Waals surface area (Å²) in [5, 5.41) is 2.83. The summed E-state index contributed by atoms with van der Waals surface area (Å²) in [7, 11) is 1.60. The quantitative estimate of drug-likeness (QED) is 0.775. The van der Waals surface area contributed by atoms with Crippen molar-refractivity contribution in [2.75, 3.05) is 32.1 Å². The first-order chi connectivity index (χ1) is 12.9. The minimum atomic E-state index is -0.238. The first-order valence-corrected chi connectivity index (χ1v) is 8.78. The number of carbonyl (C=O) groups excluding carboxylic acids is 2. The van der Waals surface area contributed by atoms with Gasteiger partial charge in [0.05, 0.1) is 20.2 Å². The van der Waals surface area contributed by atoms with Crippen molar-refractivity contribution >= 4 is 17.5 Å². The zero-order valence-corrected chi connectivity index (χ0v) is 16.2. The molecule has 0 spiro atoms. The number of nitrogens with one attached hydrogen (secondary N) is 1. The lowest BCUT2D eigenvalue weighted by Gasteiger charge is -2.21. The van der Waals surface area contributed by atoms with Crippen molar-refractivity contribution in [2.45, 2.75) is 20.8 Å². The third-order valence-electron chi connectivity index (χ3n) is 4.26. The normalized spacial score (nSPS) is 10.2. The van der Waals surface area contributed by atoms with Gasteiger partial charge >= 0.3 is 0 Å². The zero-order chi connectivity index (χ0) is 19.8. The molecular weight excluding hydrogens is 344 g/mol. The molecular formula is C21H26N2O4. The second kappa shape index (κ2) is 9.62. The van der Waals surface area contributed by atoms with Crippen molar-refractivity contribution in [3.8, 4) is 11.5 Å². The Bertz CT molecular complexity index is 787. The summed E-state index contributed by atoms with van der Waals surface area (Å²) in [6, 6.07) is 12.9. The van der Waals surface area contributed by atoms with Crippen LogP contribution in [0.15, 0.2) is 42.5 Å². The summed E-state index contributed by atoms with van der Waals surface area (Å²) < 4.78 is 10.7. The number of amides is 2. The predicted molar refractivity (Wildman–Crippen MR) is 105 cm³/mol. The molecule has 0 aliphatic rings. The third-order valence-corrected chi connectivity index (χ3v) is 4.26. The smallest absolute Gasteiger partial charge is 0.243 e. The number of rotatable bonds is 8. The molecule has 6 heteroatoms. The first-order valence-electron chi connectivity index (χ1n) is 8.78. The van der Waals surface area contributed by atoms with Crippen molar-refractivity contribution < 1.29 is 19.1 Å². The van der Waals surface area contributed by atoms with E-state index in [4.69, 9.17) is 9.47 Å². The fourth-order valence-electron chi connectivity index (χ4n) is 2.49. The van der Waals surface area contributed by atoms with E-state index < -0.39 is 0 Å². The van der Waals surface area contributed by atoms with Crippen LogP contribution >= 0.6 is 0 Å². The Morgan fingerprint density at radius 3 is 2.26 bits per heavy atom. The Balaban J connectivity index is 1.85. The van der Waals surface area contributed by atoms with Crippen molar-refractivity contribution in [3.05, 3.63) is 53.6 Å². The van der Waals surface area contributed by atoms with Crippen LogP contribution in [0.1, 0.15) is 18.1 Å². The molecule has 0 heterocycles. The number of ether oxygens (including phenoxy) is 2. The average Bonchev–Trinajstić information content (AvgIpc) is 2.64. The first kappa shape index (κ1) is 20.3. The van der Waals surface area contributed by atoms with Gasteiger partial charge in [0.25, 0.3) is 0 Å². The minimum Gasteiger partial charge on any atom is -0.497 e. The van der Waals surface area contributed by atoms with Crippen LogP contribution in [0.3, 0.4) is 0 Å². The van der Waals surface area contributed by atoms with Crippen molar-refractivity contribution in [1.82, 2.24) is 4.90 Å². The molecule has 0 unspecified atom stereocenters. The van der Waals surface area contributed by atoms with Gasteiger partial charge in [0.2, 0.25) is 11.8 Å². The molecule has 0 saturated carbocycles. The maximum atomic E-state index is 12.3. The predicted octanol–water partition coefficient (Wildman–Crippen LogP) is 3.18. The number of aryl methyl sites for hydroxylation is 2. The highest BCUT2D eigenvalue weighted by Gasteiger charge is 2.14. The van der Waals surface area contributed by atoms with Crippen LogP contribution in [0.2, 0.25) is 0 Å². The molecule has 0 aliphatic carbocycles. The van der Waals surface area contributed by atoms with E-state index in [1.165, 1.54) is 11.8 Å². The highest BCUT2D eigenvalue weighted by molar-refractivity contribution is 5.94. The SMILES string of the molecule is COc1ccc(OCCN(CC(=O)Nc2ccc(C)c(C)c2)C(C)=O)cc1. The Labute approximate surface area is 160 Å².